The lowest BCUT2D eigenvalue weighted by Crippen LogP contribution is -2.39. The van der Waals surface area contributed by atoms with Gasteiger partial charge in [0, 0.05) is 42.8 Å². The Balaban J connectivity index is 1.46. The van der Waals surface area contributed by atoms with Crippen molar-refractivity contribution < 1.29 is 27.2 Å². The molecule has 1 aliphatic heterocycles. The van der Waals surface area contributed by atoms with Gasteiger partial charge in [-0.15, -0.1) is 0 Å². The SMILES string of the molecule is CCC(=O)N1CCCC(c2nc(-c3ccc(C(=O)Nc4cc(C(F)(F)F)ccn4)cc3)c3c(N)ncc(F)n23)C1. The number of fused-ring (bicyclic) bond motifs is 1. The third-order valence-corrected chi connectivity index (χ3v) is 6.86. The monoisotopic (exact) mass is 555 g/mol. The van der Waals surface area contributed by atoms with Gasteiger partial charge in [-0.3, -0.25) is 14.0 Å². The number of nitrogens with zero attached hydrogens (tertiary/aromatic N) is 5. The first-order chi connectivity index (χ1) is 19.1. The minimum absolute atomic E-state index is 0.0154. The van der Waals surface area contributed by atoms with Crippen molar-refractivity contribution in [3.63, 3.8) is 0 Å². The molecule has 0 aliphatic carbocycles. The quantitative estimate of drug-likeness (QED) is 0.338. The van der Waals surface area contributed by atoms with E-state index in [4.69, 9.17) is 10.7 Å². The van der Waals surface area contributed by atoms with Crippen molar-refractivity contribution in [2.45, 2.75) is 38.3 Å². The number of hydrogen-bond acceptors (Lipinski definition) is 6. The molecule has 2 amide bonds. The Morgan fingerprint density at radius 1 is 1.15 bits per heavy atom. The molecule has 3 aromatic heterocycles. The van der Waals surface area contributed by atoms with Crippen molar-refractivity contribution in [1.82, 2.24) is 24.3 Å². The Labute approximate surface area is 226 Å². The van der Waals surface area contributed by atoms with E-state index in [2.05, 4.69) is 15.3 Å². The zero-order valence-corrected chi connectivity index (χ0v) is 21.4. The number of rotatable bonds is 5. The van der Waals surface area contributed by atoms with Gasteiger partial charge in [-0.1, -0.05) is 19.1 Å². The van der Waals surface area contributed by atoms with Crippen LogP contribution in [0.15, 0.2) is 48.8 Å². The molecule has 4 heterocycles. The van der Waals surface area contributed by atoms with Crippen molar-refractivity contribution in [3.05, 3.63) is 71.7 Å². The normalized spacial score (nSPS) is 15.8. The number of pyridine rings is 1. The molecule has 1 aromatic carbocycles. The Morgan fingerprint density at radius 2 is 1.90 bits per heavy atom. The first-order valence-corrected chi connectivity index (χ1v) is 12.6. The van der Waals surface area contributed by atoms with Gasteiger partial charge in [-0.25, -0.2) is 15.0 Å². The number of nitrogens with one attached hydrogen (secondary N) is 1. The molecule has 1 aliphatic rings. The van der Waals surface area contributed by atoms with Gasteiger partial charge in [0.2, 0.25) is 11.9 Å². The van der Waals surface area contributed by atoms with Crippen LogP contribution in [-0.2, 0) is 11.0 Å². The molecule has 208 valence electrons. The van der Waals surface area contributed by atoms with Crippen molar-refractivity contribution in [1.29, 1.82) is 0 Å². The number of aromatic nitrogens is 4. The molecular formula is C27H25F4N7O2. The second-order valence-corrected chi connectivity index (χ2v) is 9.46. The third-order valence-electron chi connectivity index (χ3n) is 6.86. The summed E-state index contributed by atoms with van der Waals surface area (Å²) in [5.74, 6) is -1.29. The first-order valence-electron chi connectivity index (χ1n) is 12.6. The van der Waals surface area contributed by atoms with Crippen LogP contribution in [0.1, 0.15) is 53.8 Å². The second-order valence-electron chi connectivity index (χ2n) is 9.46. The van der Waals surface area contributed by atoms with Gasteiger partial charge in [-0.05, 0) is 37.1 Å². The highest BCUT2D eigenvalue weighted by Crippen LogP contribution is 2.35. The van der Waals surface area contributed by atoms with Crippen LogP contribution in [0.2, 0.25) is 0 Å². The highest BCUT2D eigenvalue weighted by molar-refractivity contribution is 6.04. The van der Waals surface area contributed by atoms with Crippen LogP contribution < -0.4 is 11.1 Å². The number of hydrogen-bond donors (Lipinski definition) is 2. The lowest BCUT2D eigenvalue weighted by Gasteiger charge is -2.32. The Morgan fingerprint density at radius 3 is 2.60 bits per heavy atom. The number of benzene rings is 1. The molecule has 9 nitrogen and oxygen atoms in total. The number of anilines is 2. The lowest BCUT2D eigenvalue weighted by atomic mass is 9.97. The van der Waals surface area contributed by atoms with E-state index in [9.17, 15) is 22.8 Å². The van der Waals surface area contributed by atoms with E-state index in [1.165, 1.54) is 16.5 Å². The molecule has 1 fully saturated rings. The Kier molecular flexibility index (Phi) is 7.13. The van der Waals surface area contributed by atoms with Crippen LogP contribution in [0.5, 0.6) is 0 Å². The highest BCUT2D eigenvalue weighted by atomic mass is 19.4. The summed E-state index contributed by atoms with van der Waals surface area (Å²) in [7, 11) is 0. The zero-order valence-electron chi connectivity index (χ0n) is 21.4. The Bertz CT molecular complexity index is 1580. The van der Waals surface area contributed by atoms with Gasteiger partial charge in [-0.2, -0.15) is 17.6 Å². The van der Waals surface area contributed by atoms with E-state index in [1.807, 2.05) is 0 Å². The average Bonchev–Trinajstić information content (AvgIpc) is 3.36. The van der Waals surface area contributed by atoms with Crippen LogP contribution >= 0.6 is 0 Å². The average molecular weight is 556 g/mol. The van der Waals surface area contributed by atoms with Crippen LogP contribution in [0.25, 0.3) is 16.8 Å². The standard InChI is InChI=1S/C27H25F4N7O2/c1-2-21(39)37-11-3-4-17(14-37)25-36-22(23-24(32)34-13-19(28)38(23)25)15-5-7-16(8-6-15)26(40)35-20-12-18(9-10-33-20)27(29,30)31/h5-10,12-13,17H,2-4,11,14H2,1H3,(H2,32,34)(H,33,35,40). The fraction of sp³-hybridized carbons (Fsp3) is 0.296. The molecule has 0 saturated carbocycles. The van der Waals surface area contributed by atoms with E-state index in [0.29, 0.717) is 43.0 Å². The fourth-order valence-corrected chi connectivity index (χ4v) is 4.89. The van der Waals surface area contributed by atoms with Crippen LogP contribution in [0.3, 0.4) is 0 Å². The summed E-state index contributed by atoms with van der Waals surface area (Å²) in [4.78, 5) is 39.2. The predicted molar refractivity (Wildman–Crippen MR) is 139 cm³/mol. The second kappa shape index (κ2) is 10.5. The number of piperidine rings is 1. The number of amides is 2. The van der Waals surface area contributed by atoms with Crippen LogP contribution in [-0.4, -0.2) is 49.2 Å². The predicted octanol–water partition coefficient (Wildman–Crippen LogP) is 4.90. The third kappa shape index (κ3) is 5.18. The summed E-state index contributed by atoms with van der Waals surface area (Å²) >= 11 is 0. The van der Waals surface area contributed by atoms with Gasteiger partial charge in [0.05, 0.1) is 11.8 Å². The van der Waals surface area contributed by atoms with Crippen molar-refractivity contribution in [2.24, 2.45) is 0 Å². The summed E-state index contributed by atoms with van der Waals surface area (Å²) in [6.45, 7) is 2.82. The molecule has 0 bridgehead atoms. The topological polar surface area (TPSA) is 119 Å². The molecule has 3 N–H and O–H groups in total. The molecule has 0 spiro atoms. The van der Waals surface area contributed by atoms with Gasteiger partial charge < -0.3 is 16.0 Å². The maximum Gasteiger partial charge on any atom is 0.416 e. The molecule has 1 atom stereocenters. The molecule has 1 unspecified atom stereocenters. The summed E-state index contributed by atoms with van der Waals surface area (Å²) in [5, 5.41) is 2.36. The van der Waals surface area contributed by atoms with E-state index in [1.54, 1.807) is 24.0 Å². The van der Waals surface area contributed by atoms with Gasteiger partial charge in [0.25, 0.3) is 5.91 Å². The van der Waals surface area contributed by atoms with Crippen molar-refractivity contribution in [3.8, 4) is 11.3 Å². The van der Waals surface area contributed by atoms with Gasteiger partial charge in [0.1, 0.15) is 28.7 Å². The number of nitrogen functional groups attached to an aromatic ring is 1. The number of nitrogens with two attached hydrogens (primary N) is 1. The number of carbonyl (C=O) groups excluding carboxylic acids is 2. The maximum atomic E-state index is 15.1. The van der Waals surface area contributed by atoms with Crippen LogP contribution in [0.4, 0.5) is 29.2 Å². The lowest BCUT2D eigenvalue weighted by molar-refractivity contribution is -0.137. The van der Waals surface area contributed by atoms with Crippen molar-refractivity contribution in [2.75, 3.05) is 24.1 Å². The molecule has 13 heteroatoms. The van der Waals surface area contributed by atoms with Crippen LogP contribution in [0, 0.1) is 5.95 Å². The smallest absolute Gasteiger partial charge is 0.382 e. The summed E-state index contributed by atoms with van der Waals surface area (Å²) < 4.78 is 55.4. The highest BCUT2D eigenvalue weighted by Gasteiger charge is 2.31. The zero-order chi connectivity index (χ0) is 28.6. The van der Waals surface area contributed by atoms with E-state index >= 15 is 4.39 Å². The number of alkyl halides is 3. The molecule has 0 radical (unpaired) electrons. The fourth-order valence-electron chi connectivity index (χ4n) is 4.89. The van der Waals surface area contributed by atoms with E-state index < -0.39 is 23.6 Å². The maximum absolute atomic E-state index is 15.1. The van der Waals surface area contributed by atoms with E-state index in [0.717, 1.165) is 30.9 Å². The number of halogens is 4. The number of carbonyl (C=O) groups is 2. The Hall–Kier alpha value is -4.55. The largest absolute Gasteiger partial charge is 0.416 e. The van der Waals surface area contributed by atoms with E-state index in [-0.39, 0.29) is 34.5 Å². The summed E-state index contributed by atoms with van der Waals surface area (Å²) in [6, 6.07) is 7.65. The summed E-state index contributed by atoms with van der Waals surface area (Å²) in [6.07, 6.45) is -0.776. The van der Waals surface area contributed by atoms with Crippen molar-refractivity contribution >= 4 is 29.0 Å². The molecule has 5 rings (SSSR count). The number of likely N-dealkylation sites (tertiary alicyclic amines) is 1. The van der Waals surface area contributed by atoms with Gasteiger partial charge in [0.15, 0.2) is 0 Å². The molecule has 40 heavy (non-hydrogen) atoms. The number of imidazole rings is 1. The first kappa shape index (κ1) is 27.0. The molecule has 1 saturated heterocycles. The molecular weight excluding hydrogens is 530 g/mol. The molecule has 4 aromatic rings. The summed E-state index contributed by atoms with van der Waals surface area (Å²) in [5.41, 5.74) is 6.51. The van der Waals surface area contributed by atoms with Gasteiger partial charge >= 0.3 is 6.18 Å². The minimum atomic E-state index is -4.58. The minimum Gasteiger partial charge on any atom is -0.382 e.